The third-order valence-corrected chi connectivity index (χ3v) is 8.95. The molecule has 2 aliphatic carbocycles. The Hall–Kier alpha value is -1.66. The van der Waals surface area contributed by atoms with Crippen molar-refractivity contribution in [1.29, 1.82) is 0 Å². The van der Waals surface area contributed by atoms with Crippen molar-refractivity contribution in [2.75, 3.05) is 47.6 Å². The van der Waals surface area contributed by atoms with Crippen LogP contribution >= 0.6 is 0 Å². The molecule has 1 unspecified atom stereocenters. The predicted octanol–water partition coefficient (Wildman–Crippen LogP) is 6.98. The zero-order chi connectivity index (χ0) is 28.6. The average molecular weight is 548 g/mol. The van der Waals surface area contributed by atoms with Crippen LogP contribution in [0.2, 0.25) is 0 Å². The molecule has 6 nitrogen and oxygen atoms in total. The average Bonchev–Trinajstić information content (AvgIpc) is 2.92. The van der Waals surface area contributed by atoms with Crippen LogP contribution in [-0.2, 0) is 23.8 Å². The number of carbonyl (C=O) groups excluding carboxylic acids is 2. The van der Waals surface area contributed by atoms with Crippen LogP contribution in [0.25, 0.3) is 0 Å². The highest BCUT2D eigenvalue weighted by atomic mass is 16.5. The molecule has 2 aliphatic rings. The van der Waals surface area contributed by atoms with Crippen molar-refractivity contribution < 1.29 is 23.8 Å². The lowest BCUT2D eigenvalue weighted by atomic mass is 9.68. The maximum Gasteiger partial charge on any atom is 0.335 e. The van der Waals surface area contributed by atoms with Crippen LogP contribution in [0.4, 0.5) is 0 Å². The van der Waals surface area contributed by atoms with E-state index < -0.39 is 5.97 Å². The number of hydrogen-bond acceptors (Lipinski definition) is 6. The van der Waals surface area contributed by atoms with E-state index in [9.17, 15) is 9.59 Å². The van der Waals surface area contributed by atoms with Gasteiger partial charge in [0.15, 0.2) is 0 Å². The first-order valence-corrected chi connectivity index (χ1v) is 15.6. The SMILES string of the molecule is C=C(COC)C(=O)OCC(CCC1CCC(C2CCC(CCCCC)CC2)CC1)COC(=O)C(=C)CN(C)C. The zero-order valence-corrected chi connectivity index (χ0v) is 25.5. The summed E-state index contributed by atoms with van der Waals surface area (Å²) in [5.41, 5.74) is 0.721. The summed E-state index contributed by atoms with van der Waals surface area (Å²) in [7, 11) is 5.31. The second kappa shape index (κ2) is 18.6. The summed E-state index contributed by atoms with van der Waals surface area (Å²) < 4.78 is 16.1. The molecule has 0 N–H and O–H groups in total. The van der Waals surface area contributed by atoms with E-state index >= 15 is 0 Å². The fourth-order valence-electron chi connectivity index (χ4n) is 6.54. The molecule has 2 fully saturated rings. The highest BCUT2D eigenvalue weighted by molar-refractivity contribution is 5.88. The number of unbranched alkanes of at least 4 members (excludes halogenated alkanes) is 2. The van der Waals surface area contributed by atoms with E-state index in [-0.39, 0.29) is 31.7 Å². The Morgan fingerprint density at radius 3 is 1.79 bits per heavy atom. The van der Waals surface area contributed by atoms with Gasteiger partial charge in [-0.2, -0.15) is 0 Å². The normalized spacial score (nSPS) is 24.2. The largest absolute Gasteiger partial charge is 0.462 e. The number of rotatable bonds is 18. The fourth-order valence-corrected chi connectivity index (χ4v) is 6.54. The van der Waals surface area contributed by atoms with Crippen LogP contribution in [-0.4, -0.2) is 64.4 Å². The van der Waals surface area contributed by atoms with E-state index in [1.807, 2.05) is 19.0 Å². The van der Waals surface area contributed by atoms with Crippen LogP contribution in [0, 0.1) is 29.6 Å². The van der Waals surface area contributed by atoms with Gasteiger partial charge in [-0.05, 0) is 76.3 Å². The topological polar surface area (TPSA) is 65.1 Å². The summed E-state index contributed by atoms with van der Waals surface area (Å²) in [5.74, 6) is 2.65. The quantitative estimate of drug-likeness (QED) is 0.105. The predicted molar refractivity (Wildman–Crippen MR) is 158 cm³/mol. The molecule has 6 heteroatoms. The van der Waals surface area contributed by atoms with Gasteiger partial charge in [-0.25, -0.2) is 9.59 Å². The maximum absolute atomic E-state index is 12.4. The number of nitrogens with zero attached hydrogens (tertiary/aromatic N) is 1. The molecular formula is C33H57NO5. The van der Waals surface area contributed by atoms with Crippen molar-refractivity contribution in [2.24, 2.45) is 29.6 Å². The second-order valence-electron chi connectivity index (χ2n) is 12.6. The number of methoxy groups -OCH3 is 1. The van der Waals surface area contributed by atoms with Crippen molar-refractivity contribution in [3.63, 3.8) is 0 Å². The van der Waals surface area contributed by atoms with Crippen molar-refractivity contribution in [3.8, 4) is 0 Å². The summed E-state index contributed by atoms with van der Waals surface area (Å²) in [4.78, 5) is 26.5. The van der Waals surface area contributed by atoms with Crippen LogP contribution in [0.5, 0.6) is 0 Å². The molecule has 0 radical (unpaired) electrons. The Bertz CT molecular complexity index is 747. The Labute approximate surface area is 238 Å². The van der Waals surface area contributed by atoms with Crippen molar-refractivity contribution >= 4 is 11.9 Å². The molecule has 0 aromatic rings. The van der Waals surface area contributed by atoms with E-state index in [1.54, 1.807) is 0 Å². The lowest BCUT2D eigenvalue weighted by Crippen LogP contribution is -2.27. The number of carbonyl (C=O) groups is 2. The first kappa shape index (κ1) is 33.5. The smallest absolute Gasteiger partial charge is 0.335 e. The van der Waals surface area contributed by atoms with E-state index in [4.69, 9.17) is 14.2 Å². The molecule has 2 rings (SSSR count). The molecular weight excluding hydrogens is 490 g/mol. The zero-order valence-electron chi connectivity index (χ0n) is 25.5. The molecule has 0 heterocycles. The third-order valence-electron chi connectivity index (χ3n) is 8.95. The lowest BCUT2D eigenvalue weighted by Gasteiger charge is -2.38. The Morgan fingerprint density at radius 2 is 1.31 bits per heavy atom. The summed E-state index contributed by atoms with van der Waals surface area (Å²) in [6.07, 6.45) is 18.6. The number of hydrogen-bond donors (Lipinski definition) is 0. The minimum Gasteiger partial charge on any atom is -0.462 e. The summed E-state index contributed by atoms with van der Waals surface area (Å²) in [5, 5.41) is 0. The number of ether oxygens (including phenoxy) is 3. The van der Waals surface area contributed by atoms with Gasteiger partial charge in [0.05, 0.1) is 25.4 Å². The number of likely N-dealkylation sites (N-methyl/N-ethyl adjacent to an activating group) is 1. The van der Waals surface area contributed by atoms with Gasteiger partial charge in [0.25, 0.3) is 0 Å². The minimum atomic E-state index is -0.453. The monoisotopic (exact) mass is 547 g/mol. The van der Waals surface area contributed by atoms with Gasteiger partial charge in [-0.15, -0.1) is 0 Å². The van der Waals surface area contributed by atoms with Crippen molar-refractivity contribution in [3.05, 3.63) is 24.3 Å². The van der Waals surface area contributed by atoms with Crippen molar-refractivity contribution in [2.45, 2.75) is 96.8 Å². The molecule has 0 aliphatic heterocycles. The third kappa shape index (κ3) is 13.0. The highest BCUT2D eigenvalue weighted by Crippen LogP contribution is 2.43. The summed E-state index contributed by atoms with van der Waals surface area (Å²) in [6, 6.07) is 0. The molecule has 0 bridgehead atoms. The van der Waals surface area contributed by atoms with Crippen molar-refractivity contribution in [1.82, 2.24) is 4.90 Å². The summed E-state index contributed by atoms with van der Waals surface area (Å²) >= 11 is 0. The lowest BCUT2D eigenvalue weighted by molar-refractivity contribution is -0.144. The van der Waals surface area contributed by atoms with Gasteiger partial charge in [0.2, 0.25) is 0 Å². The van der Waals surface area contributed by atoms with E-state index in [2.05, 4.69) is 20.1 Å². The Balaban J connectivity index is 1.78. The second-order valence-corrected chi connectivity index (χ2v) is 12.6. The first-order valence-electron chi connectivity index (χ1n) is 15.6. The highest BCUT2D eigenvalue weighted by Gasteiger charge is 2.31. The first-order chi connectivity index (χ1) is 18.7. The van der Waals surface area contributed by atoms with E-state index in [0.717, 1.165) is 30.6 Å². The molecule has 0 saturated heterocycles. The van der Waals surface area contributed by atoms with Gasteiger partial charge in [0, 0.05) is 25.1 Å². The van der Waals surface area contributed by atoms with Crippen LogP contribution in [0.1, 0.15) is 96.8 Å². The number of esters is 2. The molecule has 2 saturated carbocycles. The molecule has 1 atom stereocenters. The van der Waals surface area contributed by atoms with Gasteiger partial charge in [0.1, 0.15) is 0 Å². The standard InChI is InChI=1S/C33H57NO5/c1-7-8-9-10-27-13-17-30(18-14-27)31-19-15-28(16-20-31)11-12-29(24-39-33(36)26(3)22-37-6)23-38-32(35)25(2)21-34(4)5/h27-31H,2-3,7-24H2,1,4-6H3. The molecule has 0 amide bonds. The Morgan fingerprint density at radius 1 is 0.795 bits per heavy atom. The van der Waals surface area contributed by atoms with Gasteiger partial charge < -0.3 is 19.1 Å². The van der Waals surface area contributed by atoms with Crippen LogP contribution in [0.3, 0.4) is 0 Å². The molecule has 0 aromatic heterocycles. The molecule has 39 heavy (non-hydrogen) atoms. The fraction of sp³-hybridized carbons (Fsp3) is 0.818. The van der Waals surface area contributed by atoms with Gasteiger partial charge in [-0.1, -0.05) is 71.4 Å². The molecule has 224 valence electrons. The van der Waals surface area contributed by atoms with Gasteiger partial charge in [-0.3, -0.25) is 0 Å². The molecule has 0 aromatic carbocycles. The van der Waals surface area contributed by atoms with E-state index in [1.165, 1.54) is 84.2 Å². The summed E-state index contributed by atoms with van der Waals surface area (Å²) in [6.45, 7) is 10.9. The van der Waals surface area contributed by atoms with Gasteiger partial charge >= 0.3 is 11.9 Å². The van der Waals surface area contributed by atoms with Crippen LogP contribution < -0.4 is 0 Å². The maximum atomic E-state index is 12.4. The molecule has 0 spiro atoms. The van der Waals surface area contributed by atoms with E-state index in [0.29, 0.717) is 23.6 Å². The minimum absolute atomic E-state index is 0.0406. The Kier molecular flexibility index (Phi) is 16.0. The van der Waals surface area contributed by atoms with Crippen LogP contribution in [0.15, 0.2) is 24.3 Å².